The molecule has 0 saturated carbocycles. The molecule has 0 rings (SSSR count). The molecule has 0 amide bonds. The van der Waals surface area contributed by atoms with Gasteiger partial charge in [0.1, 0.15) is 0 Å². The van der Waals surface area contributed by atoms with Gasteiger partial charge in [0.25, 0.3) is 0 Å². The normalized spacial score (nSPS) is 9.86. The standard InChI is InChI=1S/C10H18N2O7.Mn.Na/c13-4-3-11(5-8(14)15)1-2-12(6-9(16)17)7-10(18)19;;/h13H,1-7H2,(H,14,15)(H,16,17)(H,18,19);;/q;;+1. The first-order valence-corrected chi connectivity index (χ1v) is 5.56. The molecule has 0 aromatic rings. The van der Waals surface area contributed by atoms with E-state index in [-0.39, 0.29) is 79.4 Å². The summed E-state index contributed by atoms with van der Waals surface area (Å²) in [6.45, 7) is -1.03. The molecule has 0 aliphatic carbocycles. The van der Waals surface area contributed by atoms with Crippen molar-refractivity contribution in [2.45, 2.75) is 0 Å². The molecule has 0 fully saturated rings. The second kappa shape index (κ2) is 14.7. The van der Waals surface area contributed by atoms with Crippen LogP contribution in [0.5, 0.6) is 0 Å². The second-order valence-corrected chi connectivity index (χ2v) is 3.89. The van der Waals surface area contributed by atoms with Crippen molar-refractivity contribution in [1.82, 2.24) is 9.80 Å². The van der Waals surface area contributed by atoms with Crippen LogP contribution < -0.4 is 29.6 Å². The predicted octanol–water partition coefficient (Wildman–Crippen LogP) is -5.16. The fourth-order valence-corrected chi connectivity index (χ4v) is 1.48. The Kier molecular flexibility index (Phi) is 18.1. The van der Waals surface area contributed by atoms with Crippen molar-refractivity contribution in [3.05, 3.63) is 0 Å². The van der Waals surface area contributed by atoms with E-state index in [0.29, 0.717) is 0 Å². The summed E-state index contributed by atoms with van der Waals surface area (Å²) in [6, 6.07) is 0. The van der Waals surface area contributed by atoms with Gasteiger partial charge in [0.2, 0.25) is 0 Å². The average molecular weight is 356 g/mol. The van der Waals surface area contributed by atoms with Crippen molar-refractivity contribution >= 4 is 17.9 Å². The third-order valence-corrected chi connectivity index (χ3v) is 2.23. The first-order chi connectivity index (χ1) is 8.85. The van der Waals surface area contributed by atoms with Crippen LogP contribution in [0.4, 0.5) is 0 Å². The van der Waals surface area contributed by atoms with Gasteiger partial charge < -0.3 is 20.4 Å². The Labute approximate surface area is 154 Å². The van der Waals surface area contributed by atoms with E-state index in [0.717, 1.165) is 0 Å². The fourth-order valence-electron chi connectivity index (χ4n) is 1.48. The van der Waals surface area contributed by atoms with Crippen LogP contribution in [-0.4, -0.2) is 94.0 Å². The molecular formula is C10H18MnN2NaO7+. The molecule has 21 heavy (non-hydrogen) atoms. The zero-order valence-corrected chi connectivity index (χ0v) is 14.9. The molecule has 4 N–H and O–H groups in total. The molecule has 0 heterocycles. The van der Waals surface area contributed by atoms with Crippen LogP contribution in [0.3, 0.4) is 0 Å². The Bertz CT molecular complexity index is 317. The fraction of sp³-hybridized carbons (Fsp3) is 0.700. The summed E-state index contributed by atoms with van der Waals surface area (Å²) in [7, 11) is 0. The second-order valence-electron chi connectivity index (χ2n) is 3.89. The topological polar surface area (TPSA) is 139 Å². The number of carboxylic acid groups (broad SMARTS) is 3. The molecule has 0 aliphatic heterocycles. The Morgan fingerprint density at radius 2 is 1.05 bits per heavy atom. The number of aliphatic hydroxyl groups is 1. The molecular weight excluding hydrogens is 338 g/mol. The van der Waals surface area contributed by atoms with Crippen molar-refractivity contribution in [3.8, 4) is 0 Å². The molecule has 0 bridgehead atoms. The Morgan fingerprint density at radius 1 is 0.714 bits per heavy atom. The maximum absolute atomic E-state index is 10.6. The van der Waals surface area contributed by atoms with Crippen molar-refractivity contribution in [2.24, 2.45) is 0 Å². The SMILES string of the molecule is O=C(O)CN(CCO)CCN(CC(=O)O)CC(=O)O.[Mn].[Na+]. The van der Waals surface area contributed by atoms with Crippen molar-refractivity contribution in [1.29, 1.82) is 0 Å². The van der Waals surface area contributed by atoms with Crippen LogP contribution in [0.15, 0.2) is 0 Å². The zero-order valence-electron chi connectivity index (χ0n) is 11.7. The number of rotatable bonds is 11. The molecule has 0 aliphatic rings. The Balaban J connectivity index is -0.00000162. The number of nitrogens with zero attached hydrogens (tertiary/aromatic N) is 2. The van der Waals surface area contributed by atoms with E-state index in [1.54, 1.807) is 0 Å². The van der Waals surface area contributed by atoms with Crippen molar-refractivity contribution in [3.63, 3.8) is 0 Å². The zero-order chi connectivity index (χ0) is 14.8. The molecule has 0 aromatic carbocycles. The summed E-state index contributed by atoms with van der Waals surface area (Å²) in [5, 5.41) is 34.7. The third-order valence-electron chi connectivity index (χ3n) is 2.23. The smallest absolute Gasteiger partial charge is 0.480 e. The maximum Gasteiger partial charge on any atom is 1.00 e. The molecule has 0 saturated heterocycles. The van der Waals surface area contributed by atoms with Crippen LogP contribution in [-0.2, 0) is 31.5 Å². The van der Waals surface area contributed by atoms with Crippen molar-refractivity contribution in [2.75, 3.05) is 45.9 Å². The van der Waals surface area contributed by atoms with E-state index in [4.69, 9.17) is 20.4 Å². The number of aliphatic carboxylic acids is 3. The van der Waals surface area contributed by atoms with E-state index < -0.39 is 31.0 Å². The average Bonchev–Trinajstić information content (AvgIpc) is 2.23. The van der Waals surface area contributed by atoms with Crippen LogP contribution in [0, 0.1) is 0 Å². The first-order valence-electron chi connectivity index (χ1n) is 5.56. The number of hydrogen-bond donors (Lipinski definition) is 4. The first kappa shape index (κ1) is 25.7. The van der Waals surface area contributed by atoms with Gasteiger partial charge in [0, 0.05) is 36.7 Å². The Morgan fingerprint density at radius 3 is 1.38 bits per heavy atom. The van der Waals surface area contributed by atoms with Crippen molar-refractivity contribution < 1.29 is 81.4 Å². The van der Waals surface area contributed by atoms with Gasteiger partial charge in [-0.05, 0) is 0 Å². The minimum Gasteiger partial charge on any atom is -0.480 e. The van der Waals surface area contributed by atoms with Gasteiger partial charge in [-0.15, -0.1) is 0 Å². The van der Waals surface area contributed by atoms with E-state index in [9.17, 15) is 14.4 Å². The predicted molar refractivity (Wildman–Crippen MR) is 62.9 cm³/mol. The summed E-state index contributed by atoms with van der Waals surface area (Å²) in [5.74, 6) is -3.39. The summed E-state index contributed by atoms with van der Waals surface area (Å²) in [6.07, 6.45) is 0. The summed E-state index contributed by atoms with van der Waals surface area (Å²) in [5.41, 5.74) is 0. The van der Waals surface area contributed by atoms with Gasteiger partial charge in [0.15, 0.2) is 0 Å². The number of aliphatic hydroxyl groups excluding tert-OH is 1. The van der Waals surface area contributed by atoms with Gasteiger partial charge in [0.05, 0.1) is 26.2 Å². The maximum atomic E-state index is 10.6. The molecule has 9 nitrogen and oxygen atoms in total. The number of carbonyl (C=O) groups is 3. The largest absolute Gasteiger partial charge is 1.00 e. The summed E-state index contributed by atoms with van der Waals surface area (Å²) in [4.78, 5) is 34.3. The molecule has 11 heteroatoms. The minimum absolute atomic E-state index is 0. The van der Waals surface area contributed by atoms with Crippen LogP contribution >= 0.6 is 0 Å². The molecule has 0 spiro atoms. The van der Waals surface area contributed by atoms with Crippen LogP contribution in [0.1, 0.15) is 0 Å². The Hall–Kier alpha value is -0.191. The van der Waals surface area contributed by atoms with E-state index in [2.05, 4.69) is 0 Å². The summed E-state index contributed by atoms with van der Waals surface area (Å²) >= 11 is 0. The van der Waals surface area contributed by atoms with E-state index in [1.165, 1.54) is 9.80 Å². The minimum atomic E-state index is -1.16. The molecule has 0 unspecified atom stereocenters. The van der Waals surface area contributed by atoms with E-state index >= 15 is 0 Å². The molecule has 1 radical (unpaired) electrons. The van der Waals surface area contributed by atoms with Crippen LogP contribution in [0.2, 0.25) is 0 Å². The van der Waals surface area contributed by atoms with Gasteiger partial charge in [-0.3, -0.25) is 24.2 Å². The van der Waals surface area contributed by atoms with E-state index in [1.807, 2.05) is 0 Å². The quantitative estimate of drug-likeness (QED) is 0.268. The molecule has 117 valence electrons. The van der Waals surface area contributed by atoms with Gasteiger partial charge in [-0.2, -0.15) is 0 Å². The monoisotopic (exact) mass is 356 g/mol. The third kappa shape index (κ3) is 16.0. The van der Waals surface area contributed by atoms with Gasteiger partial charge in [-0.25, -0.2) is 0 Å². The molecule has 0 aromatic heterocycles. The number of hydrogen-bond acceptors (Lipinski definition) is 6. The van der Waals surface area contributed by atoms with Gasteiger partial charge >= 0.3 is 47.5 Å². The summed E-state index contributed by atoms with van der Waals surface area (Å²) < 4.78 is 0. The van der Waals surface area contributed by atoms with Gasteiger partial charge in [-0.1, -0.05) is 0 Å². The molecule has 0 atom stereocenters. The number of carboxylic acids is 3. The van der Waals surface area contributed by atoms with Crippen LogP contribution in [0.25, 0.3) is 0 Å².